The third-order valence-electron chi connectivity index (χ3n) is 4.64. The van der Waals surface area contributed by atoms with Crippen LogP contribution >= 0.6 is 0 Å². The first-order chi connectivity index (χ1) is 7.83. The molecule has 2 saturated carbocycles. The van der Waals surface area contributed by atoms with Crippen LogP contribution in [0, 0.1) is 5.92 Å². The van der Waals surface area contributed by atoms with Crippen molar-refractivity contribution in [2.75, 3.05) is 7.11 Å². The van der Waals surface area contributed by atoms with Gasteiger partial charge in [0.25, 0.3) is 0 Å². The van der Waals surface area contributed by atoms with Crippen molar-refractivity contribution >= 4 is 0 Å². The van der Waals surface area contributed by atoms with Gasteiger partial charge in [0.2, 0.25) is 0 Å². The maximum absolute atomic E-state index is 5.42. The molecule has 0 aromatic carbocycles. The van der Waals surface area contributed by atoms with Gasteiger partial charge in [-0.05, 0) is 44.4 Å². The average Bonchev–Trinajstić information content (AvgIpc) is 2.77. The molecule has 16 heavy (non-hydrogen) atoms. The summed E-state index contributed by atoms with van der Waals surface area (Å²) in [6.07, 6.45) is 11.3. The molecule has 0 saturated heterocycles. The van der Waals surface area contributed by atoms with Crippen molar-refractivity contribution in [2.24, 2.45) is 5.92 Å². The lowest BCUT2D eigenvalue weighted by Gasteiger charge is -2.32. The summed E-state index contributed by atoms with van der Waals surface area (Å²) in [6, 6.07) is 1.58. The van der Waals surface area contributed by atoms with Gasteiger partial charge in [-0.2, -0.15) is 0 Å². The third-order valence-corrected chi connectivity index (χ3v) is 4.64. The minimum atomic E-state index is 0.531. The summed E-state index contributed by atoms with van der Waals surface area (Å²) in [5.41, 5.74) is 0. The Morgan fingerprint density at radius 2 is 1.81 bits per heavy atom. The molecule has 0 amide bonds. The Hall–Kier alpha value is -0.0800. The largest absolute Gasteiger partial charge is 0.381 e. The lowest BCUT2D eigenvalue weighted by atomic mass is 9.91. The topological polar surface area (TPSA) is 21.3 Å². The first kappa shape index (κ1) is 12.4. The number of rotatable bonds is 4. The summed E-state index contributed by atoms with van der Waals surface area (Å²) < 4.78 is 5.42. The highest BCUT2D eigenvalue weighted by atomic mass is 16.5. The summed E-state index contributed by atoms with van der Waals surface area (Å²) in [5.74, 6) is 0.945. The Labute approximate surface area is 100 Å². The number of ether oxygens (including phenoxy) is 1. The standard InChI is InChI=1S/C14H27NO/c1-3-11-5-4-6-14(11)15-12-7-9-13(16-2)10-8-12/h11-15H,3-10H2,1-2H3. The zero-order valence-corrected chi connectivity index (χ0v) is 10.9. The molecule has 2 aliphatic rings. The Kier molecular flexibility index (Phi) is 4.66. The van der Waals surface area contributed by atoms with E-state index in [4.69, 9.17) is 4.74 Å². The van der Waals surface area contributed by atoms with Gasteiger partial charge in [0.1, 0.15) is 0 Å². The molecule has 2 rings (SSSR count). The Bertz CT molecular complexity index is 199. The van der Waals surface area contributed by atoms with Crippen molar-refractivity contribution in [3.05, 3.63) is 0 Å². The van der Waals surface area contributed by atoms with Gasteiger partial charge in [0, 0.05) is 19.2 Å². The fourth-order valence-corrected chi connectivity index (χ4v) is 3.51. The molecule has 94 valence electrons. The van der Waals surface area contributed by atoms with Gasteiger partial charge in [-0.1, -0.05) is 19.8 Å². The molecule has 2 aliphatic carbocycles. The SMILES string of the molecule is CCC1CCCC1NC1CCC(OC)CC1. The minimum absolute atomic E-state index is 0.531. The molecule has 0 radical (unpaired) electrons. The van der Waals surface area contributed by atoms with Gasteiger partial charge in [-0.25, -0.2) is 0 Å². The van der Waals surface area contributed by atoms with E-state index in [1.807, 2.05) is 7.11 Å². The minimum Gasteiger partial charge on any atom is -0.381 e. The van der Waals surface area contributed by atoms with E-state index in [2.05, 4.69) is 12.2 Å². The van der Waals surface area contributed by atoms with Crippen LogP contribution in [0.25, 0.3) is 0 Å². The highest BCUT2D eigenvalue weighted by Crippen LogP contribution is 2.30. The van der Waals surface area contributed by atoms with Crippen molar-refractivity contribution in [1.29, 1.82) is 0 Å². The third kappa shape index (κ3) is 2.98. The Morgan fingerprint density at radius 1 is 1.06 bits per heavy atom. The van der Waals surface area contributed by atoms with Gasteiger partial charge in [-0.3, -0.25) is 0 Å². The lowest BCUT2D eigenvalue weighted by molar-refractivity contribution is 0.0603. The molecule has 2 heteroatoms. The van der Waals surface area contributed by atoms with Crippen molar-refractivity contribution < 1.29 is 4.74 Å². The average molecular weight is 225 g/mol. The van der Waals surface area contributed by atoms with Crippen LogP contribution < -0.4 is 5.32 Å². The van der Waals surface area contributed by atoms with Gasteiger partial charge < -0.3 is 10.1 Å². The van der Waals surface area contributed by atoms with Crippen molar-refractivity contribution in [2.45, 2.75) is 76.5 Å². The molecule has 2 atom stereocenters. The molecular formula is C14H27NO. The van der Waals surface area contributed by atoms with Crippen LogP contribution in [0.5, 0.6) is 0 Å². The molecule has 0 aliphatic heterocycles. The number of hydrogen-bond donors (Lipinski definition) is 1. The molecule has 2 unspecified atom stereocenters. The summed E-state index contributed by atoms with van der Waals surface area (Å²) in [4.78, 5) is 0. The van der Waals surface area contributed by atoms with E-state index in [1.54, 1.807) is 0 Å². The van der Waals surface area contributed by atoms with Crippen LogP contribution in [0.4, 0.5) is 0 Å². The quantitative estimate of drug-likeness (QED) is 0.794. The predicted molar refractivity (Wildman–Crippen MR) is 67.6 cm³/mol. The molecule has 1 N–H and O–H groups in total. The van der Waals surface area contributed by atoms with Crippen LogP contribution in [0.3, 0.4) is 0 Å². The van der Waals surface area contributed by atoms with Crippen molar-refractivity contribution in [3.8, 4) is 0 Å². The van der Waals surface area contributed by atoms with Gasteiger partial charge >= 0.3 is 0 Å². The zero-order valence-electron chi connectivity index (χ0n) is 10.9. The maximum atomic E-state index is 5.42. The molecule has 2 nitrogen and oxygen atoms in total. The second kappa shape index (κ2) is 6.02. The highest BCUT2D eigenvalue weighted by molar-refractivity contribution is 4.87. The molecule has 0 aromatic heterocycles. The molecule has 0 spiro atoms. The summed E-state index contributed by atoms with van der Waals surface area (Å²) in [5, 5.41) is 3.91. The predicted octanol–water partition coefficient (Wildman–Crippen LogP) is 3.11. The molecular weight excluding hydrogens is 198 g/mol. The molecule has 0 bridgehead atoms. The smallest absolute Gasteiger partial charge is 0.0572 e. The van der Waals surface area contributed by atoms with E-state index in [1.165, 1.54) is 51.4 Å². The fraction of sp³-hybridized carbons (Fsp3) is 1.00. The number of methoxy groups -OCH3 is 1. The van der Waals surface area contributed by atoms with E-state index in [0.717, 1.165) is 18.0 Å². The second-order valence-corrected chi connectivity index (χ2v) is 5.58. The van der Waals surface area contributed by atoms with E-state index < -0.39 is 0 Å². The van der Waals surface area contributed by atoms with E-state index in [0.29, 0.717) is 6.10 Å². The highest BCUT2D eigenvalue weighted by Gasteiger charge is 2.29. The Balaban J connectivity index is 1.73. The van der Waals surface area contributed by atoms with Gasteiger partial charge in [0.05, 0.1) is 6.10 Å². The summed E-state index contributed by atoms with van der Waals surface area (Å²) in [7, 11) is 1.85. The first-order valence-corrected chi connectivity index (χ1v) is 7.12. The van der Waals surface area contributed by atoms with Crippen LogP contribution in [0.15, 0.2) is 0 Å². The number of nitrogens with one attached hydrogen (secondary N) is 1. The lowest BCUT2D eigenvalue weighted by Crippen LogP contribution is -2.43. The first-order valence-electron chi connectivity index (χ1n) is 7.12. The summed E-state index contributed by atoms with van der Waals surface area (Å²) >= 11 is 0. The van der Waals surface area contributed by atoms with E-state index in [9.17, 15) is 0 Å². The molecule has 0 aromatic rings. The molecule has 2 fully saturated rings. The molecule has 0 heterocycles. The van der Waals surface area contributed by atoms with Crippen molar-refractivity contribution in [3.63, 3.8) is 0 Å². The number of hydrogen-bond acceptors (Lipinski definition) is 2. The van der Waals surface area contributed by atoms with Crippen LogP contribution in [-0.4, -0.2) is 25.3 Å². The van der Waals surface area contributed by atoms with Gasteiger partial charge in [-0.15, -0.1) is 0 Å². The normalized spacial score (nSPS) is 40.1. The summed E-state index contributed by atoms with van der Waals surface area (Å²) in [6.45, 7) is 2.34. The zero-order chi connectivity index (χ0) is 11.4. The van der Waals surface area contributed by atoms with Crippen LogP contribution in [0.2, 0.25) is 0 Å². The monoisotopic (exact) mass is 225 g/mol. The Morgan fingerprint density at radius 3 is 2.44 bits per heavy atom. The van der Waals surface area contributed by atoms with Gasteiger partial charge in [0.15, 0.2) is 0 Å². The van der Waals surface area contributed by atoms with E-state index >= 15 is 0 Å². The fourth-order valence-electron chi connectivity index (χ4n) is 3.51. The van der Waals surface area contributed by atoms with Crippen molar-refractivity contribution in [1.82, 2.24) is 5.32 Å². The van der Waals surface area contributed by atoms with Crippen LogP contribution in [-0.2, 0) is 4.74 Å². The second-order valence-electron chi connectivity index (χ2n) is 5.58. The van der Waals surface area contributed by atoms with Crippen LogP contribution in [0.1, 0.15) is 58.3 Å². The maximum Gasteiger partial charge on any atom is 0.0572 e. The van der Waals surface area contributed by atoms with E-state index in [-0.39, 0.29) is 0 Å².